The van der Waals surface area contributed by atoms with E-state index in [1.54, 1.807) is 0 Å². The molecule has 0 heterocycles. The molecule has 0 rings (SSSR count). The molecule has 148 valence electrons. The summed E-state index contributed by atoms with van der Waals surface area (Å²) in [5.74, 6) is -0.407. The number of unbranched alkanes of at least 4 members (excludes halogenated alkanes) is 8. The van der Waals surface area contributed by atoms with Crippen LogP contribution in [-0.2, 0) is 14.3 Å². The standard InChI is InChI=1S/C20H39NO4/c1-5-7-9-10-11-12-13-14-16-24-19(22)18(17(3)4)21-20(23)25-15-8-6-2/h17-18H,5-16H2,1-4H3,(H,21,23)/t18-/m0/s1. The molecule has 0 radical (unpaired) electrons. The van der Waals surface area contributed by atoms with Crippen molar-refractivity contribution in [2.45, 2.75) is 97.9 Å². The van der Waals surface area contributed by atoms with Gasteiger partial charge in [0.2, 0.25) is 0 Å². The molecule has 0 saturated heterocycles. The number of carbonyl (C=O) groups is 2. The van der Waals surface area contributed by atoms with Crippen molar-refractivity contribution in [3.05, 3.63) is 0 Å². The zero-order valence-electron chi connectivity index (χ0n) is 16.8. The second-order valence-corrected chi connectivity index (χ2v) is 7.00. The second kappa shape index (κ2) is 16.2. The SMILES string of the molecule is CCCCCCCCCCOC(=O)[C@@H](NC(=O)OCCCC)C(C)C. The maximum Gasteiger partial charge on any atom is 0.407 e. The highest BCUT2D eigenvalue weighted by molar-refractivity contribution is 5.81. The minimum Gasteiger partial charge on any atom is -0.464 e. The van der Waals surface area contributed by atoms with Crippen LogP contribution in [0.15, 0.2) is 0 Å². The normalized spacial score (nSPS) is 12.0. The Kier molecular flexibility index (Phi) is 15.4. The topological polar surface area (TPSA) is 64.6 Å². The quantitative estimate of drug-likeness (QED) is 0.322. The van der Waals surface area contributed by atoms with Crippen LogP contribution in [0.4, 0.5) is 4.79 Å². The van der Waals surface area contributed by atoms with Crippen LogP contribution in [0.5, 0.6) is 0 Å². The molecule has 0 aromatic carbocycles. The van der Waals surface area contributed by atoms with Crippen molar-refractivity contribution in [1.29, 1.82) is 0 Å². The Morgan fingerprint density at radius 2 is 1.28 bits per heavy atom. The Bertz CT molecular complexity index is 345. The van der Waals surface area contributed by atoms with Crippen LogP contribution in [0, 0.1) is 5.92 Å². The van der Waals surface area contributed by atoms with Crippen LogP contribution < -0.4 is 5.32 Å². The van der Waals surface area contributed by atoms with Gasteiger partial charge >= 0.3 is 12.1 Å². The van der Waals surface area contributed by atoms with Crippen molar-refractivity contribution in [3.8, 4) is 0 Å². The minimum atomic E-state index is -0.650. The molecule has 0 aromatic heterocycles. The third-order valence-corrected chi connectivity index (χ3v) is 4.17. The molecule has 0 fully saturated rings. The summed E-state index contributed by atoms with van der Waals surface area (Å²) < 4.78 is 10.4. The van der Waals surface area contributed by atoms with Gasteiger partial charge in [-0.25, -0.2) is 9.59 Å². The average Bonchev–Trinajstić information content (AvgIpc) is 2.58. The van der Waals surface area contributed by atoms with Crippen molar-refractivity contribution in [2.24, 2.45) is 5.92 Å². The van der Waals surface area contributed by atoms with E-state index in [4.69, 9.17) is 9.47 Å². The average molecular weight is 358 g/mol. The van der Waals surface area contributed by atoms with E-state index in [-0.39, 0.29) is 11.9 Å². The van der Waals surface area contributed by atoms with Crippen LogP contribution in [0.3, 0.4) is 0 Å². The lowest BCUT2D eigenvalue weighted by atomic mass is 10.1. The first-order chi connectivity index (χ1) is 12.0. The molecule has 0 aliphatic heterocycles. The fourth-order valence-electron chi connectivity index (χ4n) is 2.47. The zero-order chi connectivity index (χ0) is 18.9. The van der Waals surface area contributed by atoms with Gasteiger partial charge in [-0.2, -0.15) is 0 Å². The summed E-state index contributed by atoms with van der Waals surface area (Å²) in [7, 11) is 0. The molecular formula is C20H39NO4. The smallest absolute Gasteiger partial charge is 0.407 e. The predicted octanol–water partition coefficient (Wildman–Crippen LogP) is 5.22. The van der Waals surface area contributed by atoms with Crippen molar-refractivity contribution in [2.75, 3.05) is 13.2 Å². The van der Waals surface area contributed by atoms with Crippen LogP contribution in [0.2, 0.25) is 0 Å². The first-order valence-electron chi connectivity index (χ1n) is 10.1. The van der Waals surface area contributed by atoms with Gasteiger partial charge in [0.1, 0.15) is 6.04 Å². The van der Waals surface area contributed by atoms with Gasteiger partial charge in [-0.15, -0.1) is 0 Å². The number of ether oxygens (including phenoxy) is 2. The molecule has 0 unspecified atom stereocenters. The summed E-state index contributed by atoms with van der Waals surface area (Å²) in [6.45, 7) is 8.81. The maximum atomic E-state index is 12.2. The first kappa shape index (κ1) is 23.7. The fraction of sp³-hybridized carbons (Fsp3) is 0.900. The van der Waals surface area contributed by atoms with E-state index in [0.29, 0.717) is 13.2 Å². The number of amides is 1. The van der Waals surface area contributed by atoms with Gasteiger partial charge in [-0.3, -0.25) is 0 Å². The molecule has 25 heavy (non-hydrogen) atoms. The highest BCUT2D eigenvalue weighted by Gasteiger charge is 2.26. The molecule has 1 N–H and O–H groups in total. The molecule has 5 heteroatoms. The molecule has 0 saturated carbocycles. The zero-order valence-corrected chi connectivity index (χ0v) is 16.8. The Labute approximate surface area is 154 Å². The van der Waals surface area contributed by atoms with E-state index in [1.165, 1.54) is 38.5 Å². The number of hydrogen-bond donors (Lipinski definition) is 1. The molecule has 5 nitrogen and oxygen atoms in total. The van der Waals surface area contributed by atoms with Gasteiger partial charge < -0.3 is 14.8 Å². The van der Waals surface area contributed by atoms with Crippen molar-refractivity contribution >= 4 is 12.1 Å². The van der Waals surface area contributed by atoms with Gasteiger partial charge in [-0.05, 0) is 18.8 Å². The highest BCUT2D eigenvalue weighted by Crippen LogP contribution is 2.09. The van der Waals surface area contributed by atoms with E-state index in [0.717, 1.165) is 25.7 Å². The lowest BCUT2D eigenvalue weighted by Gasteiger charge is -2.20. The van der Waals surface area contributed by atoms with Crippen LogP contribution in [-0.4, -0.2) is 31.3 Å². The van der Waals surface area contributed by atoms with Gasteiger partial charge in [0.15, 0.2) is 0 Å². The Hall–Kier alpha value is -1.26. The number of alkyl carbamates (subject to hydrolysis) is 1. The van der Waals surface area contributed by atoms with E-state index in [2.05, 4.69) is 12.2 Å². The van der Waals surface area contributed by atoms with E-state index in [9.17, 15) is 9.59 Å². The molecule has 0 aliphatic carbocycles. The largest absolute Gasteiger partial charge is 0.464 e. The monoisotopic (exact) mass is 357 g/mol. The number of nitrogens with one attached hydrogen (secondary N) is 1. The maximum absolute atomic E-state index is 12.2. The van der Waals surface area contributed by atoms with Crippen molar-refractivity contribution in [3.63, 3.8) is 0 Å². The van der Waals surface area contributed by atoms with E-state index >= 15 is 0 Å². The number of carbonyl (C=O) groups excluding carboxylic acids is 2. The highest BCUT2D eigenvalue weighted by atomic mass is 16.6. The Balaban J connectivity index is 3.88. The van der Waals surface area contributed by atoms with Gasteiger partial charge in [-0.1, -0.05) is 79.1 Å². The number of esters is 1. The predicted molar refractivity (Wildman–Crippen MR) is 102 cm³/mol. The van der Waals surface area contributed by atoms with E-state index < -0.39 is 12.1 Å². The summed E-state index contributed by atoms with van der Waals surface area (Å²) in [5.41, 5.74) is 0. The Morgan fingerprint density at radius 1 is 0.760 bits per heavy atom. The molecule has 1 atom stereocenters. The summed E-state index contributed by atoms with van der Waals surface area (Å²) in [4.78, 5) is 23.9. The van der Waals surface area contributed by atoms with Gasteiger partial charge in [0.05, 0.1) is 13.2 Å². The van der Waals surface area contributed by atoms with Gasteiger partial charge in [0, 0.05) is 0 Å². The first-order valence-corrected chi connectivity index (χ1v) is 10.1. The van der Waals surface area contributed by atoms with Crippen LogP contribution in [0.25, 0.3) is 0 Å². The molecule has 0 aliphatic rings. The third-order valence-electron chi connectivity index (χ3n) is 4.17. The van der Waals surface area contributed by atoms with Crippen LogP contribution in [0.1, 0.15) is 91.9 Å². The molecule has 1 amide bonds. The summed E-state index contributed by atoms with van der Waals surface area (Å²) in [6.07, 6.45) is 10.9. The van der Waals surface area contributed by atoms with Crippen molar-refractivity contribution in [1.82, 2.24) is 5.32 Å². The summed E-state index contributed by atoms with van der Waals surface area (Å²) >= 11 is 0. The van der Waals surface area contributed by atoms with Gasteiger partial charge in [0.25, 0.3) is 0 Å². The molecular weight excluding hydrogens is 318 g/mol. The summed E-state index contributed by atoms with van der Waals surface area (Å²) in [6, 6.07) is -0.650. The summed E-state index contributed by atoms with van der Waals surface area (Å²) in [5, 5.41) is 2.62. The lowest BCUT2D eigenvalue weighted by Crippen LogP contribution is -2.45. The lowest BCUT2D eigenvalue weighted by molar-refractivity contribution is -0.147. The minimum absolute atomic E-state index is 0.0372. The molecule has 0 bridgehead atoms. The van der Waals surface area contributed by atoms with E-state index in [1.807, 2.05) is 20.8 Å². The molecule has 0 spiro atoms. The molecule has 0 aromatic rings. The number of rotatable bonds is 15. The third kappa shape index (κ3) is 13.7. The fourth-order valence-corrected chi connectivity index (χ4v) is 2.47. The second-order valence-electron chi connectivity index (χ2n) is 7.00. The van der Waals surface area contributed by atoms with Crippen LogP contribution >= 0.6 is 0 Å². The Morgan fingerprint density at radius 3 is 1.84 bits per heavy atom. The number of hydrogen-bond acceptors (Lipinski definition) is 4. The van der Waals surface area contributed by atoms with Crippen molar-refractivity contribution < 1.29 is 19.1 Å².